The van der Waals surface area contributed by atoms with Crippen LogP contribution in [0.1, 0.15) is 6.42 Å². The van der Waals surface area contributed by atoms with Gasteiger partial charge in [0.15, 0.2) is 0 Å². The van der Waals surface area contributed by atoms with Crippen molar-refractivity contribution < 1.29 is 4.74 Å². The number of nitrogen functional groups attached to an aromatic ring is 1. The summed E-state index contributed by atoms with van der Waals surface area (Å²) < 4.78 is 5.27. The molecule has 2 rings (SSSR count). The van der Waals surface area contributed by atoms with Crippen LogP contribution >= 0.6 is 0 Å². The van der Waals surface area contributed by atoms with Gasteiger partial charge in [-0.2, -0.15) is 0 Å². The first-order chi connectivity index (χ1) is 6.84. The highest BCUT2D eigenvalue weighted by Gasteiger charge is 2.14. The zero-order chi connectivity index (χ0) is 9.80. The Bertz CT molecular complexity index is 281. The minimum Gasteiger partial charge on any atom is -0.382 e. The number of anilines is 2. The van der Waals surface area contributed by atoms with E-state index in [1.165, 1.54) is 0 Å². The van der Waals surface area contributed by atoms with Crippen LogP contribution in [-0.4, -0.2) is 29.7 Å². The summed E-state index contributed by atoms with van der Waals surface area (Å²) in [5.41, 5.74) is 5.42. The van der Waals surface area contributed by atoms with Crippen LogP contribution in [0.4, 0.5) is 11.6 Å². The third-order valence-corrected chi connectivity index (χ3v) is 2.27. The average Bonchev–Trinajstić information content (AvgIpc) is 2.70. The lowest BCUT2D eigenvalue weighted by Gasteiger charge is -2.09. The number of nitrogens with one attached hydrogen (secondary N) is 1. The molecule has 76 valence electrons. The Morgan fingerprint density at radius 2 is 2.43 bits per heavy atom. The van der Waals surface area contributed by atoms with Gasteiger partial charge in [0, 0.05) is 19.1 Å². The molecule has 2 heterocycles. The van der Waals surface area contributed by atoms with E-state index < -0.39 is 0 Å². The molecule has 1 fully saturated rings. The van der Waals surface area contributed by atoms with Crippen LogP contribution in [0.2, 0.25) is 0 Å². The van der Waals surface area contributed by atoms with Crippen LogP contribution in [0.3, 0.4) is 0 Å². The lowest BCUT2D eigenvalue weighted by Crippen LogP contribution is -2.14. The Kier molecular flexibility index (Phi) is 2.78. The summed E-state index contributed by atoms with van der Waals surface area (Å²) >= 11 is 0. The Morgan fingerprint density at radius 1 is 1.50 bits per heavy atom. The fraction of sp³-hybridized carbons (Fsp3) is 0.556. The number of aromatic nitrogens is 2. The second kappa shape index (κ2) is 4.23. The molecule has 1 aliphatic heterocycles. The van der Waals surface area contributed by atoms with Crippen molar-refractivity contribution in [1.29, 1.82) is 0 Å². The highest BCUT2D eigenvalue weighted by Crippen LogP contribution is 2.12. The van der Waals surface area contributed by atoms with Crippen molar-refractivity contribution in [3.05, 3.63) is 12.4 Å². The maximum absolute atomic E-state index is 5.42. The van der Waals surface area contributed by atoms with E-state index in [1.807, 2.05) is 0 Å². The molecule has 1 unspecified atom stereocenters. The highest BCUT2D eigenvalue weighted by atomic mass is 16.5. The largest absolute Gasteiger partial charge is 0.382 e. The van der Waals surface area contributed by atoms with E-state index in [1.54, 1.807) is 12.4 Å². The van der Waals surface area contributed by atoms with Crippen molar-refractivity contribution in [3.8, 4) is 0 Å². The molecule has 1 aliphatic rings. The van der Waals surface area contributed by atoms with Crippen LogP contribution in [0.25, 0.3) is 0 Å². The average molecular weight is 194 g/mol. The molecule has 1 aromatic rings. The van der Waals surface area contributed by atoms with Crippen molar-refractivity contribution in [3.63, 3.8) is 0 Å². The molecule has 0 saturated carbocycles. The van der Waals surface area contributed by atoms with Crippen LogP contribution in [0.15, 0.2) is 12.4 Å². The van der Waals surface area contributed by atoms with Gasteiger partial charge in [0.1, 0.15) is 11.6 Å². The number of nitrogens with zero attached hydrogens (tertiary/aromatic N) is 2. The summed E-state index contributed by atoms with van der Waals surface area (Å²) in [5.74, 6) is 1.81. The first-order valence-corrected chi connectivity index (χ1v) is 4.74. The molecular formula is C9H14N4O. The fourth-order valence-electron chi connectivity index (χ4n) is 1.42. The molecule has 0 radical (unpaired) electrons. The minimum absolute atomic E-state index is 0.444. The molecule has 0 amide bonds. The van der Waals surface area contributed by atoms with Gasteiger partial charge >= 0.3 is 0 Å². The summed E-state index contributed by atoms with van der Waals surface area (Å²) in [4.78, 5) is 8.05. The third kappa shape index (κ3) is 2.32. The molecule has 0 spiro atoms. The molecule has 1 atom stereocenters. The molecule has 1 saturated heterocycles. The van der Waals surface area contributed by atoms with E-state index in [-0.39, 0.29) is 0 Å². The summed E-state index contributed by atoms with van der Waals surface area (Å²) in [7, 11) is 0. The molecule has 5 nitrogen and oxygen atoms in total. The Labute approximate surface area is 82.7 Å². The smallest absolute Gasteiger partial charge is 0.144 e. The van der Waals surface area contributed by atoms with Crippen molar-refractivity contribution in [2.75, 3.05) is 30.8 Å². The lowest BCUT2D eigenvalue weighted by atomic mass is 10.1. The summed E-state index contributed by atoms with van der Waals surface area (Å²) in [6.45, 7) is 2.60. The van der Waals surface area contributed by atoms with E-state index in [0.717, 1.165) is 32.0 Å². The van der Waals surface area contributed by atoms with E-state index in [0.29, 0.717) is 11.7 Å². The molecule has 5 heteroatoms. The summed E-state index contributed by atoms with van der Waals surface area (Å²) in [5, 5.41) is 3.20. The predicted molar refractivity (Wildman–Crippen MR) is 53.9 cm³/mol. The van der Waals surface area contributed by atoms with Gasteiger partial charge in [-0.05, 0) is 6.42 Å². The standard InChI is InChI=1S/C9H14N4O/c10-8-4-13-9(5-11-8)12-3-7-1-2-14-6-7/h4-5,7H,1-3,6H2,(H2,10,11)(H,12,13). The fourth-order valence-corrected chi connectivity index (χ4v) is 1.42. The highest BCUT2D eigenvalue weighted by molar-refractivity contribution is 5.35. The van der Waals surface area contributed by atoms with Crippen molar-refractivity contribution >= 4 is 11.6 Å². The number of hydrogen-bond acceptors (Lipinski definition) is 5. The first-order valence-electron chi connectivity index (χ1n) is 4.74. The molecular weight excluding hydrogens is 180 g/mol. The molecule has 14 heavy (non-hydrogen) atoms. The van der Waals surface area contributed by atoms with Crippen molar-refractivity contribution in [2.45, 2.75) is 6.42 Å². The van der Waals surface area contributed by atoms with Gasteiger partial charge in [-0.3, -0.25) is 0 Å². The van der Waals surface area contributed by atoms with Gasteiger partial charge in [-0.1, -0.05) is 0 Å². The normalized spacial score (nSPS) is 21.0. The maximum atomic E-state index is 5.42. The van der Waals surface area contributed by atoms with E-state index in [4.69, 9.17) is 10.5 Å². The Hall–Kier alpha value is -1.36. The number of rotatable bonds is 3. The molecule has 0 aliphatic carbocycles. The van der Waals surface area contributed by atoms with Crippen LogP contribution in [0, 0.1) is 5.92 Å². The van der Waals surface area contributed by atoms with E-state index in [9.17, 15) is 0 Å². The Balaban J connectivity index is 1.82. The third-order valence-electron chi connectivity index (χ3n) is 2.27. The topological polar surface area (TPSA) is 73.1 Å². The second-order valence-corrected chi connectivity index (χ2v) is 3.44. The van der Waals surface area contributed by atoms with E-state index >= 15 is 0 Å². The second-order valence-electron chi connectivity index (χ2n) is 3.44. The predicted octanol–water partition coefficient (Wildman–Crippen LogP) is 0.507. The number of ether oxygens (including phenoxy) is 1. The van der Waals surface area contributed by atoms with Gasteiger partial charge in [0.05, 0.1) is 19.0 Å². The van der Waals surface area contributed by atoms with Gasteiger partial charge < -0.3 is 15.8 Å². The first kappa shape index (κ1) is 9.21. The summed E-state index contributed by atoms with van der Waals surface area (Å²) in [6.07, 6.45) is 4.31. The number of hydrogen-bond donors (Lipinski definition) is 2. The zero-order valence-corrected chi connectivity index (χ0v) is 7.94. The van der Waals surface area contributed by atoms with Crippen molar-refractivity contribution in [2.24, 2.45) is 5.92 Å². The zero-order valence-electron chi connectivity index (χ0n) is 7.94. The maximum Gasteiger partial charge on any atom is 0.144 e. The molecule has 0 bridgehead atoms. The molecule has 3 N–H and O–H groups in total. The number of nitrogens with two attached hydrogens (primary N) is 1. The minimum atomic E-state index is 0.444. The van der Waals surface area contributed by atoms with Gasteiger partial charge in [-0.25, -0.2) is 9.97 Å². The molecule has 0 aromatic carbocycles. The van der Waals surface area contributed by atoms with Crippen LogP contribution in [0.5, 0.6) is 0 Å². The monoisotopic (exact) mass is 194 g/mol. The quantitative estimate of drug-likeness (QED) is 0.733. The van der Waals surface area contributed by atoms with Crippen molar-refractivity contribution in [1.82, 2.24) is 9.97 Å². The van der Waals surface area contributed by atoms with Crippen LogP contribution < -0.4 is 11.1 Å². The van der Waals surface area contributed by atoms with E-state index in [2.05, 4.69) is 15.3 Å². The van der Waals surface area contributed by atoms with Gasteiger partial charge in [-0.15, -0.1) is 0 Å². The Morgan fingerprint density at radius 3 is 3.07 bits per heavy atom. The van der Waals surface area contributed by atoms with Gasteiger partial charge in [0.25, 0.3) is 0 Å². The van der Waals surface area contributed by atoms with Crippen LogP contribution in [-0.2, 0) is 4.74 Å². The lowest BCUT2D eigenvalue weighted by molar-refractivity contribution is 0.187. The summed E-state index contributed by atoms with van der Waals surface area (Å²) in [6, 6.07) is 0. The van der Waals surface area contributed by atoms with Gasteiger partial charge in [0.2, 0.25) is 0 Å². The SMILES string of the molecule is Nc1cnc(NCC2CCOC2)cn1. The molecule has 1 aromatic heterocycles.